The molecule has 1 heterocycles. The van der Waals surface area contributed by atoms with Crippen molar-refractivity contribution in [2.24, 2.45) is 17.4 Å². The number of hydrogen-bond acceptors (Lipinski definition) is 4. The van der Waals surface area contributed by atoms with Crippen molar-refractivity contribution in [2.45, 2.75) is 31.3 Å². The Labute approximate surface area is 90.4 Å². The fourth-order valence-electron chi connectivity index (χ4n) is 2.21. The lowest BCUT2D eigenvalue weighted by atomic mass is 9.86. The Balaban J connectivity index is 2.43. The molecule has 1 saturated heterocycles. The van der Waals surface area contributed by atoms with Crippen molar-refractivity contribution in [1.29, 1.82) is 0 Å². The Morgan fingerprint density at radius 1 is 1.60 bits per heavy atom. The number of carbonyl (C=O) groups is 1. The molecule has 0 aromatic rings. The summed E-state index contributed by atoms with van der Waals surface area (Å²) in [4.78, 5) is 12.7. The number of hydrogen-bond donors (Lipinski definition) is 3. The average molecular weight is 215 g/mol. The van der Waals surface area contributed by atoms with E-state index in [0.717, 1.165) is 25.9 Å². The number of nitrogens with two attached hydrogens (primary N) is 2. The maximum atomic E-state index is 10.5. The number of likely N-dealkylation sites (tertiary alicyclic amines) is 1. The maximum absolute atomic E-state index is 10.5. The van der Waals surface area contributed by atoms with Crippen molar-refractivity contribution in [2.75, 3.05) is 20.1 Å². The van der Waals surface area contributed by atoms with Gasteiger partial charge in [-0.15, -0.1) is 0 Å². The van der Waals surface area contributed by atoms with Gasteiger partial charge in [-0.25, -0.2) is 0 Å². The first-order chi connectivity index (χ1) is 7.00. The molecule has 1 aliphatic rings. The van der Waals surface area contributed by atoms with E-state index in [1.54, 1.807) is 0 Å². The molecular formula is C10H21N3O2. The molecule has 3 unspecified atom stereocenters. The first kappa shape index (κ1) is 12.4. The van der Waals surface area contributed by atoms with Crippen molar-refractivity contribution >= 4 is 5.97 Å². The van der Waals surface area contributed by atoms with E-state index in [-0.39, 0.29) is 12.5 Å². The molecule has 1 fully saturated rings. The molecule has 1 aliphatic heterocycles. The molecular weight excluding hydrogens is 194 g/mol. The van der Waals surface area contributed by atoms with Gasteiger partial charge in [0.15, 0.2) is 0 Å². The quantitative estimate of drug-likeness (QED) is 0.585. The Bertz CT molecular complexity index is 223. The summed E-state index contributed by atoms with van der Waals surface area (Å²) in [6.45, 7) is 2.02. The lowest BCUT2D eigenvalue weighted by Gasteiger charge is -2.35. The summed E-state index contributed by atoms with van der Waals surface area (Å²) in [5.41, 5.74) is 11.8. The predicted octanol–water partition coefficient (Wildman–Crippen LogP) is -0.542. The van der Waals surface area contributed by atoms with Crippen LogP contribution < -0.4 is 11.5 Å². The second-order valence-corrected chi connectivity index (χ2v) is 4.50. The normalized spacial score (nSPS) is 27.3. The van der Waals surface area contributed by atoms with E-state index >= 15 is 0 Å². The smallest absolute Gasteiger partial charge is 0.304 e. The first-order valence-corrected chi connectivity index (χ1v) is 5.42. The van der Waals surface area contributed by atoms with Crippen LogP contribution in [0.5, 0.6) is 0 Å². The summed E-state index contributed by atoms with van der Waals surface area (Å²) < 4.78 is 0. The van der Waals surface area contributed by atoms with Gasteiger partial charge in [0.25, 0.3) is 0 Å². The highest BCUT2D eigenvalue weighted by Crippen LogP contribution is 2.19. The summed E-state index contributed by atoms with van der Waals surface area (Å²) >= 11 is 0. The zero-order valence-electron chi connectivity index (χ0n) is 9.22. The Kier molecular flexibility index (Phi) is 4.50. The summed E-state index contributed by atoms with van der Waals surface area (Å²) in [7, 11) is 2.06. The van der Waals surface area contributed by atoms with Crippen LogP contribution >= 0.6 is 0 Å². The number of nitrogens with zero attached hydrogens (tertiary/aromatic N) is 1. The SMILES string of the molecule is CN1CCCC(C(N)C(N)CC(=O)O)C1. The van der Waals surface area contributed by atoms with Crippen LogP contribution in [0.25, 0.3) is 0 Å². The Morgan fingerprint density at radius 3 is 2.80 bits per heavy atom. The number of piperidine rings is 1. The molecule has 5 nitrogen and oxygen atoms in total. The van der Waals surface area contributed by atoms with Gasteiger partial charge >= 0.3 is 5.97 Å². The molecule has 0 saturated carbocycles. The highest BCUT2D eigenvalue weighted by Gasteiger charge is 2.28. The third kappa shape index (κ3) is 3.77. The molecule has 15 heavy (non-hydrogen) atoms. The van der Waals surface area contributed by atoms with Crippen molar-refractivity contribution in [3.05, 3.63) is 0 Å². The second kappa shape index (κ2) is 5.44. The Hall–Kier alpha value is -0.650. The van der Waals surface area contributed by atoms with Gasteiger partial charge in [0.2, 0.25) is 0 Å². The van der Waals surface area contributed by atoms with E-state index in [0.29, 0.717) is 5.92 Å². The summed E-state index contributed by atoms with van der Waals surface area (Å²) in [5.74, 6) is -0.541. The van der Waals surface area contributed by atoms with E-state index in [1.165, 1.54) is 0 Å². The van der Waals surface area contributed by atoms with Gasteiger partial charge in [0.1, 0.15) is 0 Å². The fraction of sp³-hybridized carbons (Fsp3) is 0.900. The molecule has 1 rings (SSSR count). The minimum Gasteiger partial charge on any atom is -0.481 e. The molecule has 0 radical (unpaired) electrons. The van der Waals surface area contributed by atoms with E-state index in [4.69, 9.17) is 16.6 Å². The van der Waals surface area contributed by atoms with Crippen molar-refractivity contribution in [3.63, 3.8) is 0 Å². The molecule has 88 valence electrons. The highest BCUT2D eigenvalue weighted by atomic mass is 16.4. The van der Waals surface area contributed by atoms with Gasteiger partial charge in [0, 0.05) is 18.6 Å². The van der Waals surface area contributed by atoms with E-state index in [2.05, 4.69) is 11.9 Å². The third-order valence-electron chi connectivity index (χ3n) is 3.11. The fourth-order valence-corrected chi connectivity index (χ4v) is 2.21. The first-order valence-electron chi connectivity index (χ1n) is 5.42. The van der Waals surface area contributed by atoms with Crippen LogP contribution in [0.3, 0.4) is 0 Å². The standard InChI is InChI=1S/C10H21N3O2/c1-13-4-2-3-7(6-13)10(12)8(11)5-9(14)15/h7-8,10H,2-6,11-12H2,1H3,(H,14,15). The predicted molar refractivity (Wildman–Crippen MR) is 58.4 cm³/mol. The average Bonchev–Trinajstić information content (AvgIpc) is 2.15. The number of aliphatic carboxylic acids is 1. The van der Waals surface area contributed by atoms with Gasteiger partial charge in [-0.3, -0.25) is 4.79 Å². The molecule has 3 atom stereocenters. The lowest BCUT2D eigenvalue weighted by molar-refractivity contribution is -0.137. The van der Waals surface area contributed by atoms with E-state index < -0.39 is 12.0 Å². The van der Waals surface area contributed by atoms with Crippen LogP contribution in [0.4, 0.5) is 0 Å². The second-order valence-electron chi connectivity index (χ2n) is 4.50. The molecule has 0 aliphatic carbocycles. The minimum absolute atomic E-state index is 0.0403. The molecule has 5 N–H and O–H groups in total. The summed E-state index contributed by atoms with van der Waals surface area (Å²) in [6.07, 6.45) is 2.13. The number of carboxylic acid groups (broad SMARTS) is 1. The van der Waals surface area contributed by atoms with Crippen LogP contribution in [0, 0.1) is 5.92 Å². The number of carboxylic acids is 1. The van der Waals surface area contributed by atoms with Gasteiger partial charge in [-0.2, -0.15) is 0 Å². The third-order valence-corrected chi connectivity index (χ3v) is 3.11. The van der Waals surface area contributed by atoms with Gasteiger partial charge in [0.05, 0.1) is 6.42 Å². The molecule has 5 heteroatoms. The highest BCUT2D eigenvalue weighted by molar-refractivity contribution is 5.67. The molecule has 0 spiro atoms. The molecule has 0 bridgehead atoms. The zero-order chi connectivity index (χ0) is 11.4. The van der Waals surface area contributed by atoms with Crippen LogP contribution in [0.15, 0.2) is 0 Å². The van der Waals surface area contributed by atoms with Crippen molar-refractivity contribution < 1.29 is 9.90 Å². The maximum Gasteiger partial charge on any atom is 0.304 e. The zero-order valence-corrected chi connectivity index (χ0v) is 9.22. The summed E-state index contributed by atoms with van der Waals surface area (Å²) in [6, 6.07) is -0.636. The molecule has 0 amide bonds. The Morgan fingerprint density at radius 2 is 2.27 bits per heavy atom. The van der Waals surface area contributed by atoms with Crippen molar-refractivity contribution in [3.8, 4) is 0 Å². The topological polar surface area (TPSA) is 92.6 Å². The van der Waals surface area contributed by atoms with Crippen molar-refractivity contribution in [1.82, 2.24) is 4.90 Å². The van der Waals surface area contributed by atoms with Crippen LogP contribution in [-0.2, 0) is 4.79 Å². The van der Waals surface area contributed by atoms with Gasteiger partial charge < -0.3 is 21.5 Å². The van der Waals surface area contributed by atoms with Crippen LogP contribution in [-0.4, -0.2) is 48.2 Å². The van der Waals surface area contributed by atoms with Crippen LogP contribution in [0.1, 0.15) is 19.3 Å². The van der Waals surface area contributed by atoms with E-state index in [9.17, 15) is 4.79 Å². The lowest BCUT2D eigenvalue weighted by Crippen LogP contribution is -2.51. The molecule has 0 aromatic heterocycles. The van der Waals surface area contributed by atoms with Gasteiger partial charge in [-0.05, 0) is 32.4 Å². The van der Waals surface area contributed by atoms with Gasteiger partial charge in [-0.1, -0.05) is 0 Å². The molecule has 0 aromatic carbocycles. The van der Waals surface area contributed by atoms with Crippen LogP contribution in [0.2, 0.25) is 0 Å². The summed E-state index contributed by atoms with van der Waals surface area (Å²) in [5, 5.41) is 8.64. The minimum atomic E-state index is -0.873. The van der Waals surface area contributed by atoms with E-state index in [1.807, 2.05) is 0 Å². The largest absolute Gasteiger partial charge is 0.481 e. The monoisotopic (exact) mass is 215 g/mol. The number of rotatable bonds is 4.